The third-order valence-electron chi connectivity index (χ3n) is 2.76. The van der Waals surface area contributed by atoms with Crippen LogP contribution in [0, 0.1) is 0 Å². The normalized spacial score (nSPS) is 10.2. The minimum Gasteiger partial charge on any atom is -0.494 e. The molecule has 0 saturated carbocycles. The molecule has 0 aliphatic rings. The zero-order chi connectivity index (χ0) is 15.1. The fourth-order valence-corrected chi connectivity index (χ4v) is 1.87. The first kappa shape index (κ1) is 15.1. The first-order valence-electron chi connectivity index (χ1n) is 6.95. The minimum atomic E-state index is 0.407. The van der Waals surface area contributed by atoms with E-state index in [-0.39, 0.29) is 0 Å². The molecule has 0 unspecified atom stereocenters. The predicted molar refractivity (Wildman–Crippen MR) is 82.0 cm³/mol. The second-order valence-electron chi connectivity index (χ2n) is 4.24. The molecule has 112 valence electrons. The molecular formula is C15H20N4O2. The van der Waals surface area contributed by atoms with Gasteiger partial charge in [0.05, 0.1) is 13.2 Å². The lowest BCUT2D eigenvalue weighted by atomic mass is 10.2. The lowest BCUT2D eigenvalue weighted by Crippen LogP contribution is -2.04. The van der Waals surface area contributed by atoms with Crippen LogP contribution in [0.4, 0.5) is 11.6 Å². The van der Waals surface area contributed by atoms with E-state index in [1.165, 1.54) is 0 Å². The Balaban J connectivity index is 2.17. The Morgan fingerprint density at radius 1 is 1.14 bits per heavy atom. The molecule has 6 nitrogen and oxygen atoms in total. The SMILES string of the molecule is CCOc1ccnc(Nc2ccc(OCC)c(CN)c2)n1. The predicted octanol–water partition coefficient (Wildman–Crippen LogP) is 2.48. The number of aromatic nitrogens is 2. The van der Waals surface area contributed by atoms with Crippen LogP contribution in [0.1, 0.15) is 19.4 Å². The highest BCUT2D eigenvalue weighted by atomic mass is 16.5. The van der Waals surface area contributed by atoms with Crippen LogP contribution in [0.3, 0.4) is 0 Å². The number of anilines is 2. The Morgan fingerprint density at radius 3 is 2.67 bits per heavy atom. The van der Waals surface area contributed by atoms with E-state index in [0.717, 1.165) is 17.0 Å². The van der Waals surface area contributed by atoms with Crippen LogP contribution in [0.2, 0.25) is 0 Å². The maximum absolute atomic E-state index is 5.75. The fraction of sp³-hybridized carbons (Fsp3) is 0.333. The van der Waals surface area contributed by atoms with E-state index in [4.69, 9.17) is 15.2 Å². The summed E-state index contributed by atoms with van der Waals surface area (Å²) < 4.78 is 10.9. The summed E-state index contributed by atoms with van der Waals surface area (Å²) in [6.45, 7) is 5.44. The number of nitrogens with two attached hydrogens (primary N) is 1. The summed E-state index contributed by atoms with van der Waals surface area (Å²) in [7, 11) is 0. The van der Waals surface area contributed by atoms with Crippen molar-refractivity contribution in [3.05, 3.63) is 36.0 Å². The summed E-state index contributed by atoms with van der Waals surface area (Å²) >= 11 is 0. The lowest BCUT2D eigenvalue weighted by Gasteiger charge is -2.12. The molecule has 2 rings (SSSR count). The molecule has 6 heteroatoms. The third-order valence-corrected chi connectivity index (χ3v) is 2.76. The molecule has 0 radical (unpaired) electrons. The Hall–Kier alpha value is -2.34. The van der Waals surface area contributed by atoms with Gasteiger partial charge in [0.15, 0.2) is 0 Å². The van der Waals surface area contributed by atoms with Gasteiger partial charge in [-0.15, -0.1) is 0 Å². The number of hydrogen-bond acceptors (Lipinski definition) is 6. The molecule has 0 atom stereocenters. The maximum Gasteiger partial charge on any atom is 0.230 e. The zero-order valence-corrected chi connectivity index (χ0v) is 12.3. The summed E-state index contributed by atoms with van der Waals surface area (Å²) in [4.78, 5) is 8.43. The van der Waals surface area contributed by atoms with E-state index >= 15 is 0 Å². The van der Waals surface area contributed by atoms with Crippen molar-refractivity contribution in [3.63, 3.8) is 0 Å². The van der Waals surface area contributed by atoms with Gasteiger partial charge in [0, 0.05) is 30.1 Å². The van der Waals surface area contributed by atoms with Gasteiger partial charge >= 0.3 is 0 Å². The van der Waals surface area contributed by atoms with Gasteiger partial charge in [0.25, 0.3) is 0 Å². The summed E-state index contributed by atoms with van der Waals surface area (Å²) in [5.41, 5.74) is 7.54. The molecule has 0 bridgehead atoms. The first-order chi connectivity index (χ1) is 10.3. The van der Waals surface area contributed by atoms with Gasteiger partial charge in [0.2, 0.25) is 11.8 Å². The number of nitrogens with one attached hydrogen (secondary N) is 1. The summed E-state index contributed by atoms with van der Waals surface area (Å²) in [6, 6.07) is 7.45. The molecule has 21 heavy (non-hydrogen) atoms. The summed E-state index contributed by atoms with van der Waals surface area (Å²) in [5, 5.41) is 3.13. The lowest BCUT2D eigenvalue weighted by molar-refractivity contribution is 0.326. The molecule has 1 aromatic heterocycles. The molecular weight excluding hydrogens is 268 g/mol. The Labute approximate surface area is 124 Å². The number of hydrogen-bond donors (Lipinski definition) is 2. The molecule has 2 aromatic rings. The van der Waals surface area contributed by atoms with Gasteiger partial charge in [0.1, 0.15) is 5.75 Å². The van der Waals surface area contributed by atoms with Crippen LogP contribution in [-0.2, 0) is 6.54 Å². The monoisotopic (exact) mass is 288 g/mol. The van der Waals surface area contributed by atoms with Gasteiger partial charge in [-0.2, -0.15) is 4.98 Å². The standard InChI is InChI=1S/C15H20N4O2/c1-3-20-13-6-5-12(9-11(13)10-16)18-15-17-8-7-14(19-15)21-4-2/h5-9H,3-4,10,16H2,1-2H3,(H,17,18,19). The van der Waals surface area contributed by atoms with Gasteiger partial charge in [-0.1, -0.05) is 0 Å². The van der Waals surface area contributed by atoms with Crippen LogP contribution in [0.5, 0.6) is 11.6 Å². The van der Waals surface area contributed by atoms with Crippen LogP contribution in [-0.4, -0.2) is 23.2 Å². The topological polar surface area (TPSA) is 82.3 Å². The summed E-state index contributed by atoms with van der Waals surface area (Å²) in [6.07, 6.45) is 1.65. The Kier molecular flexibility index (Phi) is 5.34. The fourth-order valence-electron chi connectivity index (χ4n) is 1.87. The molecule has 0 aliphatic carbocycles. The van der Waals surface area contributed by atoms with Crippen molar-refractivity contribution in [2.45, 2.75) is 20.4 Å². The molecule has 0 spiro atoms. The van der Waals surface area contributed by atoms with E-state index < -0.39 is 0 Å². The highest BCUT2D eigenvalue weighted by Gasteiger charge is 2.05. The van der Waals surface area contributed by atoms with Crippen molar-refractivity contribution < 1.29 is 9.47 Å². The van der Waals surface area contributed by atoms with Crippen molar-refractivity contribution in [2.24, 2.45) is 5.73 Å². The molecule has 0 saturated heterocycles. The van der Waals surface area contributed by atoms with Gasteiger partial charge in [-0.3, -0.25) is 0 Å². The molecule has 0 amide bonds. The van der Waals surface area contributed by atoms with Crippen LogP contribution >= 0.6 is 0 Å². The van der Waals surface area contributed by atoms with Crippen molar-refractivity contribution >= 4 is 11.6 Å². The average molecular weight is 288 g/mol. The van der Waals surface area contributed by atoms with Crippen molar-refractivity contribution in [2.75, 3.05) is 18.5 Å². The molecule has 1 aromatic carbocycles. The maximum atomic E-state index is 5.75. The van der Waals surface area contributed by atoms with Crippen LogP contribution in [0.15, 0.2) is 30.5 Å². The minimum absolute atomic E-state index is 0.407. The highest BCUT2D eigenvalue weighted by Crippen LogP contribution is 2.24. The first-order valence-corrected chi connectivity index (χ1v) is 6.95. The van der Waals surface area contributed by atoms with Crippen molar-refractivity contribution in [1.29, 1.82) is 0 Å². The molecule has 0 fully saturated rings. The zero-order valence-electron chi connectivity index (χ0n) is 12.3. The quantitative estimate of drug-likeness (QED) is 0.814. The third kappa shape index (κ3) is 4.06. The van der Waals surface area contributed by atoms with Gasteiger partial charge in [-0.05, 0) is 32.0 Å². The number of nitrogens with zero attached hydrogens (tertiary/aromatic N) is 2. The average Bonchev–Trinajstić information content (AvgIpc) is 2.50. The Morgan fingerprint density at radius 2 is 1.95 bits per heavy atom. The number of ether oxygens (including phenoxy) is 2. The second kappa shape index (κ2) is 7.44. The van der Waals surface area contributed by atoms with Crippen molar-refractivity contribution in [1.82, 2.24) is 9.97 Å². The number of benzene rings is 1. The van der Waals surface area contributed by atoms with E-state index in [1.807, 2.05) is 32.0 Å². The smallest absolute Gasteiger partial charge is 0.230 e. The highest BCUT2D eigenvalue weighted by molar-refractivity contribution is 5.57. The van der Waals surface area contributed by atoms with Gasteiger partial charge < -0.3 is 20.5 Å². The van der Waals surface area contributed by atoms with E-state index in [1.54, 1.807) is 12.3 Å². The van der Waals surface area contributed by atoms with Crippen LogP contribution in [0.25, 0.3) is 0 Å². The summed E-state index contributed by atoms with van der Waals surface area (Å²) in [5.74, 6) is 1.82. The van der Waals surface area contributed by atoms with E-state index in [2.05, 4.69) is 15.3 Å². The van der Waals surface area contributed by atoms with E-state index in [0.29, 0.717) is 31.6 Å². The van der Waals surface area contributed by atoms with Crippen molar-refractivity contribution in [3.8, 4) is 11.6 Å². The number of rotatable bonds is 7. The largest absolute Gasteiger partial charge is 0.494 e. The van der Waals surface area contributed by atoms with Gasteiger partial charge in [-0.25, -0.2) is 4.98 Å². The molecule has 3 N–H and O–H groups in total. The second-order valence-corrected chi connectivity index (χ2v) is 4.24. The molecule has 1 heterocycles. The van der Waals surface area contributed by atoms with Crippen LogP contribution < -0.4 is 20.5 Å². The Bertz CT molecular complexity index is 590. The molecule has 0 aliphatic heterocycles. The van der Waals surface area contributed by atoms with E-state index in [9.17, 15) is 0 Å².